The molecule has 0 aliphatic carbocycles. The Morgan fingerprint density at radius 1 is 1.38 bits per heavy atom. The smallest absolute Gasteiger partial charge is 0.254 e. The van der Waals surface area contributed by atoms with E-state index >= 15 is 0 Å². The number of rotatable bonds is 6. The molecule has 2 rings (SSSR count). The largest absolute Gasteiger partial charge is 0.491 e. The minimum Gasteiger partial charge on any atom is -0.491 e. The molecule has 1 unspecified atom stereocenters. The molecule has 4 nitrogen and oxygen atoms in total. The van der Waals surface area contributed by atoms with Gasteiger partial charge in [0, 0.05) is 24.8 Å². The van der Waals surface area contributed by atoms with Gasteiger partial charge < -0.3 is 14.7 Å². The average molecular weight is 291 g/mol. The lowest BCUT2D eigenvalue weighted by molar-refractivity contribution is 0.0724. The van der Waals surface area contributed by atoms with E-state index in [1.54, 1.807) is 0 Å². The summed E-state index contributed by atoms with van der Waals surface area (Å²) in [6.07, 6.45) is 3.87. The van der Waals surface area contributed by atoms with Crippen molar-refractivity contribution in [2.75, 3.05) is 13.2 Å². The number of aliphatic hydroxyl groups excluding tert-OH is 1. The topological polar surface area (TPSA) is 49.8 Å². The number of amides is 1. The second kappa shape index (κ2) is 7.46. The summed E-state index contributed by atoms with van der Waals surface area (Å²) in [5.41, 5.74) is 0.710. The zero-order valence-corrected chi connectivity index (χ0v) is 12.9. The van der Waals surface area contributed by atoms with Gasteiger partial charge in [-0.3, -0.25) is 4.79 Å². The van der Waals surface area contributed by atoms with Crippen LogP contribution in [0.3, 0.4) is 0 Å². The lowest BCUT2D eigenvalue weighted by Crippen LogP contribution is -2.35. The van der Waals surface area contributed by atoms with Gasteiger partial charge >= 0.3 is 0 Å². The normalized spacial score (nSPS) is 18.3. The Hall–Kier alpha value is -1.55. The molecule has 116 valence electrons. The van der Waals surface area contributed by atoms with Crippen LogP contribution in [0, 0.1) is 0 Å². The van der Waals surface area contributed by atoms with Crippen molar-refractivity contribution in [3.63, 3.8) is 0 Å². The summed E-state index contributed by atoms with van der Waals surface area (Å²) in [4.78, 5) is 14.5. The quantitative estimate of drug-likeness (QED) is 0.877. The molecular formula is C17H25NO3. The van der Waals surface area contributed by atoms with Crippen LogP contribution in [0.1, 0.15) is 49.9 Å². The van der Waals surface area contributed by atoms with E-state index in [-0.39, 0.29) is 24.7 Å². The van der Waals surface area contributed by atoms with Crippen molar-refractivity contribution < 1.29 is 14.6 Å². The Bertz CT molecular complexity index is 456. The zero-order valence-electron chi connectivity index (χ0n) is 12.9. The Morgan fingerprint density at radius 2 is 2.10 bits per heavy atom. The molecule has 1 aromatic rings. The fourth-order valence-corrected chi connectivity index (χ4v) is 2.84. The van der Waals surface area contributed by atoms with Crippen molar-refractivity contribution in [2.24, 2.45) is 0 Å². The van der Waals surface area contributed by atoms with Crippen molar-refractivity contribution in [2.45, 2.75) is 51.7 Å². The van der Waals surface area contributed by atoms with Crippen LogP contribution in [0.2, 0.25) is 0 Å². The molecule has 1 heterocycles. The number of carbonyl (C=O) groups excluding carboxylic acids is 1. The van der Waals surface area contributed by atoms with Gasteiger partial charge in [0.2, 0.25) is 0 Å². The molecule has 1 aromatic carbocycles. The number of nitrogens with zero attached hydrogens (tertiary/aromatic N) is 1. The third-order valence-electron chi connectivity index (χ3n) is 3.81. The minimum absolute atomic E-state index is 0.0894. The maximum absolute atomic E-state index is 12.6. The van der Waals surface area contributed by atoms with Gasteiger partial charge in [-0.2, -0.15) is 0 Å². The number of aliphatic hydroxyl groups is 1. The molecule has 1 amide bonds. The van der Waals surface area contributed by atoms with Gasteiger partial charge in [-0.25, -0.2) is 0 Å². The average Bonchev–Trinajstić information content (AvgIpc) is 2.93. The third-order valence-corrected chi connectivity index (χ3v) is 3.81. The molecule has 1 N–H and O–H groups in total. The highest BCUT2D eigenvalue weighted by atomic mass is 16.5. The van der Waals surface area contributed by atoms with Crippen molar-refractivity contribution in [1.82, 2.24) is 4.90 Å². The number of benzene rings is 1. The summed E-state index contributed by atoms with van der Waals surface area (Å²) >= 11 is 0. The highest BCUT2D eigenvalue weighted by molar-refractivity contribution is 5.94. The van der Waals surface area contributed by atoms with E-state index in [0.29, 0.717) is 5.56 Å². The Kier molecular flexibility index (Phi) is 5.62. The van der Waals surface area contributed by atoms with Gasteiger partial charge in [-0.05, 0) is 63.8 Å². The SMILES string of the molecule is CC(C)Oc1ccc(C(=O)N2CCCC2CCCO)cc1. The number of hydrogen-bond acceptors (Lipinski definition) is 3. The number of likely N-dealkylation sites (tertiary alicyclic amines) is 1. The van der Waals surface area contributed by atoms with E-state index in [9.17, 15) is 4.79 Å². The summed E-state index contributed by atoms with van der Waals surface area (Å²) in [6, 6.07) is 7.65. The fraction of sp³-hybridized carbons (Fsp3) is 0.588. The van der Waals surface area contributed by atoms with E-state index in [1.165, 1.54) is 0 Å². The lowest BCUT2D eigenvalue weighted by atomic mass is 10.1. The van der Waals surface area contributed by atoms with Gasteiger partial charge in [0.25, 0.3) is 5.91 Å². The highest BCUT2D eigenvalue weighted by Gasteiger charge is 2.28. The molecule has 0 saturated carbocycles. The van der Waals surface area contributed by atoms with Crippen molar-refractivity contribution in [3.05, 3.63) is 29.8 Å². The maximum Gasteiger partial charge on any atom is 0.254 e. The van der Waals surface area contributed by atoms with E-state index < -0.39 is 0 Å². The minimum atomic E-state index is 0.0894. The summed E-state index contributed by atoms with van der Waals surface area (Å²) in [5.74, 6) is 0.881. The summed E-state index contributed by atoms with van der Waals surface area (Å²) in [6.45, 7) is 4.98. The third kappa shape index (κ3) is 4.21. The first-order chi connectivity index (χ1) is 10.1. The van der Waals surface area contributed by atoms with Crippen molar-refractivity contribution in [3.8, 4) is 5.75 Å². The van der Waals surface area contributed by atoms with Crippen LogP contribution in [-0.4, -0.2) is 41.2 Å². The van der Waals surface area contributed by atoms with Crippen molar-refractivity contribution in [1.29, 1.82) is 0 Å². The Labute approximate surface area is 126 Å². The van der Waals surface area contributed by atoms with Crippen LogP contribution in [0.15, 0.2) is 24.3 Å². The summed E-state index contributed by atoms with van der Waals surface area (Å²) in [7, 11) is 0. The molecule has 0 bridgehead atoms. The van der Waals surface area contributed by atoms with E-state index in [2.05, 4.69) is 0 Å². The lowest BCUT2D eigenvalue weighted by Gasteiger charge is -2.24. The molecule has 0 spiro atoms. The van der Waals surface area contributed by atoms with Crippen LogP contribution in [-0.2, 0) is 0 Å². The molecule has 21 heavy (non-hydrogen) atoms. The van der Waals surface area contributed by atoms with Gasteiger partial charge in [0.05, 0.1) is 6.10 Å². The molecule has 0 aromatic heterocycles. The predicted octanol–water partition coefficient (Wildman–Crippen LogP) is 2.85. The monoisotopic (exact) mass is 291 g/mol. The standard InChI is InChI=1S/C17H25NO3/c1-13(2)21-16-9-7-14(8-10-16)17(20)18-11-3-5-15(18)6-4-12-19/h7-10,13,15,19H,3-6,11-12H2,1-2H3. The van der Waals surface area contributed by atoms with Crippen LogP contribution in [0.5, 0.6) is 5.75 Å². The maximum atomic E-state index is 12.6. The van der Waals surface area contributed by atoms with Gasteiger partial charge in [0.15, 0.2) is 0 Å². The Morgan fingerprint density at radius 3 is 2.71 bits per heavy atom. The molecular weight excluding hydrogens is 266 g/mol. The first-order valence-corrected chi connectivity index (χ1v) is 7.80. The summed E-state index contributed by atoms with van der Waals surface area (Å²) < 4.78 is 5.60. The van der Waals surface area contributed by atoms with Crippen LogP contribution < -0.4 is 4.74 Å². The van der Waals surface area contributed by atoms with Crippen molar-refractivity contribution >= 4 is 5.91 Å². The van der Waals surface area contributed by atoms with E-state index in [4.69, 9.17) is 9.84 Å². The zero-order chi connectivity index (χ0) is 15.2. The van der Waals surface area contributed by atoms with Crippen LogP contribution in [0.4, 0.5) is 0 Å². The second-order valence-corrected chi connectivity index (χ2v) is 5.85. The predicted molar refractivity (Wildman–Crippen MR) is 82.6 cm³/mol. The first-order valence-electron chi connectivity index (χ1n) is 7.80. The van der Waals surface area contributed by atoms with Gasteiger partial charge in [-0.15, -0.1) is 0 Å². The second-order valence-electron chi connectivity index (χ2n) is 5.85. The molecule has 1 saturated heterocycles. The molecule has 1 fully saturated rings. The molecule has 1 aliphatic heterocycles. The number of carbonyl (C=O) groups is 1. The number of hydrogen-bond donors (Lipinski definition) is 1. The van der Waals surface area contributed by atoms with Gasteiger partial charge in [-0.1, -0.05) is 0 Å². The fourth-order valence-electron chi connectivity index (χ4n) is 2.84. The molecule has 0 radical (unpaired) electrons. The molecule has 1 aliphatic rings. The Balaban J connectivity index is 2.01. The molecule has 4 heteroatoms. The number of ether oxygens (including phenoxy) is 1. The first kappa shape index (κ1) is 15.8. The van der Waals surface area contributed by atoms with E-state index in [0.717, 1.165) is 38.0 Å². The van der Waals surface area contributed by atoms with Crippen LogP contribution >= 0.6 is 0 Å². The summed E-state index contributed by atoms with van der Waals surface area (Å²) in [5, 5.41) is 8.95. The van der Waals surface area contributed by atoms with Gasteiger partial charge in [0.1, 0.15) is 5.75 Å². The van der Waals surface area contributed by atoms with E-state index in [1.807, 2.05) is 43.0 Å². The highest BCUT2D eigenvalue weighted by Crippen LogP contribution is 2.24. The molecule has 1 atom stereocenters. The van der Waals surface area contributed by atoms with Crippen LogP contribution in [0.25, 0.3) is 0 Å².